The van der Waals surface area contributed by atoms with Crippen LogP contribution >= 0.6 is 0 Å². The number of ketones is 1. The molecule has 34 heavy (non-hydrogen) atoms. The highest BCUT2D eigenvalue weighted by Gasteiger charge is 2.31. The van der Waals surface area contributed by atoms with Gasteiger partial charge in [-0.1, -0.05) is 6.07 Å². The normalized spacial score (nSPS) is 13.6. The highest BCUT2D eigenvalue weighted by molar-refractivity contribution is 6.14. The number of nitrogens with zero attached hydrogens (tertiary/aromatic N) is 1. The van der Waals surface area contributed by atoms with Crippen molar-refractivity contribution in [3.8, 4) is 17.2 Å². The number of ether oxygens (including phenoxy) is 3. The number of halogens is 5. The molecule has 0 aliphatic carbocycles. The van der Waals surface area contributed by atoms with Gasteiger partial charge in [0.1, 0.15) is 11.5 Å². The molecular weight excluding hydrogens is 465 g/mol. The Bertz CT molecular complexity index is 1330. The molecule has 0 atom stereocenters. The highest BCUT2D eigenvalue weighted by Crippen LogP contribution is 2.39. The fraction of sp³-hybridized carbons (Fsp3) is 0.0870. The number of pyridine rings is 1. The SMILES string of the molecule is Cc1c(OC(=O)COc2c(F)c(F)c(F)c(F)c2F)ccc2c1O/C(=C\c1ccccn1)C2=O. The minimum Gasteiger partial charge on any atom is -0.476 e. The minimum absolute atomic E-state index is 0.00470. The van der Waals surface area contributed by atoms with E-state index in [4.69, 9.17) is 9.47 Å². The Balaban J connectivity index is 1.50. The summed E-state index contributed by atoms with van der Waals surface area (Å²) in [4.78, 5) is 28.7. The molecule has 0 saturated heterocycles. The van der Waals surface area contributed by atoms with E-state index in [1.165, 1.54) is 31.3 Å². The molecule has 1 aliphatic rings. The number of esters is 1. The van der Waals surface area contributed by atoms with Crippen molar-refractivity contribution in [1.29, 1.82) is 0 Å². The van der Waals surface area contributed by atoms with Crippen LogP contribution in [0.2, 0.25) is 0 Å². The topological polar surface area (TPSA) is 74.7 Å². The zero-order valence-electron chi connectivity index (χ0n) is 17.1. The summed E-state index contributed by atoms with van der Waals surface area (Å²) >= 11 is 0. The van der Waals surface area contributed by atoms with E-state index >= 15 is 0 Å². The number of carbonyl (C=O) groups is 2. The number of hydrogen-bond acceptors (Lipinski definition) is 6. The van der Waals surface area contributed by atoms with Gasteiger partial charge < -0.3 is 14.2 Å². The number of fused-ring (bicyclic) bond motifs is 1. The molecule has 0 N–H and O–H groups in total. The molecule has 6 nitrogen and oxygen atoms in total. The van der Waals surface area contributed by atoms with Gasteiger partial charge >= 0.3 is 5.97 Å². The molecule has 1 aromatic heterocycles. The van der Waals surface area contributed by atoms with E-state index in [0.29, 0.717) is 5.69 Å². The molecule has 2 aromatic carbocycles. The van der Waals surface area contributed by atoms with Gasteiger partial charge in [0.05, 0.1) is 11.3 Å². The predicted molar refractivity (Wildman–Crippen MR) is 106 cm³/mol. The maximum atomic E-state index is 13.7. The van der Waals surface area contributed by atoms with Crippen molar-refractivity contribution in [3.05, 3.63) is 88.2 Å². The third-order valence-corrected chi connectivity index (χ3v) is 4.73. The second kappa shape index (κ2) is 8.93. The number of allylic oxidation sites excluding steroid dienone is 1. The third kappa shape index (κ3) is 4.07. The third-order valence-electron chi connectivity index (χ3n) is 4.73. The molecule has 2 heterocycles. The zero-order chi connectivity index (χ0) is 24.6. The fourth-order valence-corrected chi connectivity index (χ4v) is 3.07. The van der Waals surface area contributed by atoms with Crippen molar-refractivity contribution in [2.75, 3.05) is 6.61 Å². The van der Waals surface area contributed by atoms with Crippen LogP contribution in [0.4, 0.5) is 22.0 Å². The molecule has 0 radical (unpaired) electrons. The van der Waals surface area contributed by atoms with Gasteiger partial charge in [-0.2, -0.15) is 8.78 Å². The van der Waals surface area contributed by atoms with Crippen molar-refractivity contribution in [2.24, 2.45) is 0 Å². The van der Waals surface area contributed by atoms with E-state index in [-0.39, 0.29) is 28.4 Å². The van der Waals surface area contributed by atoms with E-state index in [2.05, 4.69) is 9.72 Å². The maximum Gasteiger partial charge on any atom is 0.349 e. The van der Waals surface area contributed by atoms with Crippen molar-refractivity contribution in [2.45, 2.75) is 6.92 Å². The molecule has 4 rings (SSSR count). The molecule has 0 unspecified atom stereocenters. The lowest BCUT2D eigenvalue weighted by Gasteiger charge is -2.12. The Labute approximate surface area is 188 Å². The summed E-state index contributed by atoms with van der Waals surface area (Å²) in [5.74, 6) is -14.4. The number of aromatic nitrogens is 1. The van der Waals surface area contributed by atoms with Gasteiger partial charge in [-0.05, 0) is 31.2 Å². The molecule has 11 heteroatoms. The van der Waals surface area contributed by atoms with Crippen LogP contribution in [0, 0.1) is 36.0 Å². The summed E-state index contributed by atoms with van der Waals surface area (Å²) in [6.07, 6.45) is 2.97. The van der Waals surface area contributed by atoms with Crippen molar-refractivity contribution in [3.63, 3.8) is 0 Å². The summed E-state index contributed by atoms with van der Waals surface area (Å²) in [5.41, 5.74) is 0.935. The number of hydrogen-bond donors (Lipinski definition) is 0. The van der Waals surface area contributed by atoms with Crippen LogP contribution in [-0.4, -0.2) is 23.3 Å². The second-order valence-electron chi connectivity index (χ2n) is 6.92. The summed E-state index contributed by atoms with van der Waals surface area (Å²) in [7, 11) is 0. The monoisotopic (exact) mass is 477 g/mol. The van der Waals surface area contributed by atoms with Crippen LogP contribution in [0.25, 0.3) is 6.08 Å². The number of rotatable bonds is 5. The molecule has 0 saturated carbocycles. The lowest BCUT2D eigenvalue weighted by atomic mass is 10.1. The predicted octanol–water partition coefficient (Wildman–Crippen LogP) is 4.69. The fourth-order valence-electron chi connectivity index (χ4n) is 3.07. The average Bonchev–Trinajstić information content (AvgIpc) is 3.14. The number of benzene rings is 2. The standard InChI is InChI=1S/C23H12F5NO5/c1-10-13(33-15(30)9-32-23-19(27)17(25)16(24)18(26)20(23)28)6-5-12-21(31)14(34-22(10)12)8-11-4-2-3-7-29-11/h2-8H,9H2,1H3/b14-8-. The summed E-state index contributed by atoms with van der Waals surface area (Å²) in [6.45, 7) is 0.322. The Kier molecular flexibility index (Phi) is 6.01. The summed E-state index contributed by atoms with van der Waals surface area (Å²) < 4.78 is 82.1. The van der Waals surface area contributed by atoms with Gasteiger partial charge in [0, 0.05) is 17.8 Å². The minimum atomic E-state index is -2.36. The lowest BCUT2D eigenvalue weighted by molar-refractivity contribution is -0.136. The summed E-state index contributed by atoms with van der Waals surface area (Å²) in [6, 6.07) is 7.72. The molecule has 3 aromatic rings. The average molecular weight is 477 g/mol. The molecule has 1 aliphatic heterocycles. The van der Waals surface area contributed by atoms with Crippen LogP contribution in [0.5, 0.6) is 17.2 Å². The van der Waals surface area contributed by atoms with Crippen LogP contribution in [0.3, 0.4) is 0 Å². The van der Waals surface area contributed by atoms with Crippen LogP contribution in [0.15, 0.2) is 42.3 Å². The maximum absolute atomic E-state index is 13.7. The Morgan fingerprint density at radius 1 is 1.00 bits per heavy atom. The second-order valence-corrected chi connectivity index (χ2v) is 6.92. The Morgan fingerprint density at radius 2 is 1.68 bits per heavy atom. The van der Waals surface area contributed by atoms with E-state index in [1.807, 2.05) is 0 Å². The zero-order valence-corrected chi connectivity index (χ0v) is 17.1. The largest absolute Gasteiger partial charge is 0.476 e. The van der Waals surface area contributed by atoms with Crippen molar-refractivity contribution < 1.29 is 45.8 Å². The number of carbonyl (C=O) groups excluding carboxylic acids is 2. The first kappa shape index (κ1) is 22.9. The van der Waals surface area contributed by atoms with Crippen molar-refractivity contribution >= 4 is 17.8 Å². The first-order valence-electron chi connectivity index (χ1n) is 9.52. The smallest absolute Gasteiger partial charge is 0.349 e. The van der Waals surface area contributed by atoms with Crippen LogP contribution in [-0.2, 0) is 4.79 Å². The van der Waals surface area contributed by atoms with Crippen LogP contribution < -0.4 is 14.2 Å². The van der Waals surface area contributed by atoms with E-state index in [9.17, 15) is 31.5 Å². The van der Waals surface area contributed by atoms with Crippen molar-refractivity contribution in [1.82, 2.24) is 4.98 Å². The van der Waals surface area contributed by atoms with Gasteiger partial charge in [-0.3, -0.25) is 9.78 Å². The molecule has 0 bridgehead atoms. The molecular formula is C23H12F5NO5. The molecule has 0 spiro atoms. The highest BCUT2D eigenvalue weighted by atomic mass is 19.2. The molecule has 174 valence electrons. The molecule has 0 fully saturated rings. The first-order chi connectivity index (χ1) is 16.2. The Hall–Kier alpha value is -4.28. The quantitative estimate of drug-likeness (QED) is 0.133. The van der Waals surface area contributed by atoms with Gasteiger partial charge in [-0.15, -0.1) is 0 Å². The first-order valence-corrected chi connectivity index (χ1v) is 9.52. The number of Topliss-reactive ketones (excluding diaryl/α,β-unsaturated/α-hetero) is 1. The molecule has 0 amide bonds. The van der Waals surface area contributed by atoms with E-state index in [1.54, 1.807) is 18.2 Å². The van der Waals surface area contributed by atoms with Crippen LogP contribution in [0.1, 0.15) is 21.6 Å². The van der Waals surface area contributed by atoms with Gasteiger partial charge in [0.25, 0.3) is 0 Å². The summed E-state index contributed by atoms with van der Waals surface area (Å²) in [5, 5.41) is 0. The van der Waals surface area contributed by atoms with Gasteiger partial charge in [-0.25, -0.2) is 18.0 Å². The Morgan fingerprint density at radius 3 is 2.32 bits per heavy atom. The van der Waals surface area contributed by atoms with E-state index in [0.717, 1.165) is 0 Å². The van der Waals surface area contributed by atoms with Gasteiger partial charge in [0.2, 0.25) is 34.9 Å². The van der Waals surface area contributed by atoms with Gasteiger partial charge in [0.15, 0.2) is 18.1 Å². The van der Waals surface area contributed by atoms with E-state index < -0.39 is 53.2 Å². The lowest BCUT2D eigenvalue weighted by Crippen LogP contribution is -2.20.